The first kappa shape index (κ1) is 13.0. The summed E-state index contributed by atoms with van der Waals surface area (Å²) >= 11 is 0. The summed E-state index contributed by atoms with van der Waals surface area (Å²) in [4.78, 5) is 0. The molecule has 1 heteroatoms. The van der Waals surface area contributed by atoms with Gasteiger partial charge in [-0.05, 0) is 44.4 Å². The normalized spacial score (nSPS) is 13.8. The SMILES string of the molecule is CC(C)CC(C)(C)CCC(C)(C)N. The van der Waals surface area contributed by atoms with Gasteiger partial charge in [-0.15, -0.1) is 0 Å². The second-order valence-electron chi connectivity index (χ2n) is 6.25. The highest BCUT2D eigenvalue weighted by atomic mass is 14.7. The second-order valence-corrected chi connectivity index (χ2v) is 6.25. The Hall–Kier alpha value is -0.0400. The lowest BCUT2D eigenvalue weighted by Crippen LogP contribution is -2.33. The highest BCUT2D eigenvalue weighted by molar-refractivity contribution is 4.78. The molecule has 0 aromatic heterocycles. The van der Waals surface area contributed by atoms with Crippen molar-refractivity contribution in [1.29, 1.82) is 0 Å². The lowest BCUT2D eigenvalue weighted by atomic mass is 9.78. The van der Waals surface area contributed by atoms with Crippen LogP contribution < -0.4 is 5.73 Å². The molecule has 0 atom stereocenters. The van der Waals surface area contributed by atoms with Gasteiger partial charge in [0.1, 0.15) is 0 Å². The largest absolute Gasteiger partial charge is 0.326 e. The van der Waals surface area contributed by atoms with Gasteiger partial charge in [0.15, 0.2) is 0 Å². The zero-order valence-corrected chi connectivity index (χ0v) is 10.3. The molecule has 0 aliphatic rings. The van der Waals surface area contributed by atoms with E-state index in [1.54, 1.807) is 0 Å². The van der Waals surface area contributed by atoms with Crippen LogP contribution in [0.2, 0.25) is 0 Å². The van der Waals surface area contributed by atoms with E-state index < -0.39 is 0 Å². The Bertz CT molecular complexity index is 140. The van der Waals surface area contributed by atoms with Crippen molar-refractivity contribution in [3.05, 3.63) is 0 Å². The van der Waals surface area contributed by atoms with Crippen LogP contribution in [0.25, 0.3) is 0 Å². The lowest BCUT2D eigenvalue weighted by Gasteiger charge is -2.30. The maximum atomic E-state index is 5.97. The highest BCUT2D eigenvalue weighted by Crippen LogP contribution is 2.32. The van der Waals surface area contributed by atoms with E-state index in [2.05, 4.69) is 41.5 Å². The summed E-state index contributed by atoms with van der Waals surface area (Å²) in [5.74, 6) is 0.788. The summed E-state index contributed by atoms with van der Waals surface area (Å²) in [6.45, 7) is 13.5. The van der Waals surface area contributed by atoms with E-state index in [4.69, 9.17) is 5.73 Å². The molecule has 0 aromatic rings. The van der Waals surface area contributed by atoms with Crippen molar-refractivity contribution < 1.29 is 0 Å². The summed E-state index contributed by atoms with van der Waals surface area (Å²) in [6.07, 6.45) is 3.64. The molecule has 0 radical (unpaired) electrons. The van der Waals surface area contributed by atoms with Crippen LogP contribution in [0.5, 0.6) is 0 Å². The number of rotatable bonds is 5. The van der Waals surface area contributed by atoms with Crippen LogP contribution in [-0.4, -0.2) is 5.54 Å². The summed E-state index contributed by atoms with van der Waals surface area (Å²) in [6, 6.07) is 0. The van der Waals surface area contributed by atoms with Crippen molar-refractivity contribution in [3.63, 3.8) is 0 Å². The van der Waals surface area contributed by atoms with E-state index in [0.29, 0.717) is 5.41 Å². The minimum atomic E-state index is -0.00570. The third-order valence-electron chi connectivity index (χ3n) is 2.41. The van der Waals surface area contributed by atoms with E-state index in [9.17, 15) is 0 Å². The van der Waals surface area contributed by atoms with Crippen LogP contribution >= 0.6 is 0 Å². The zero-order valence-electron chi connectivity index (χ0n) is 10.3. The first-order valence-corrected chi connectivity index (χ1v) is 5.41. The Labute approximate surface area is 84.1 Å². The van der Waals surface area contributed by atoms with Gasteiger partial charge in [-0.1, -0.05) is 27.7 Å². The van der Waals surface area contributed by atoms with E-state index in [-0.39, 0.29) is 5.54 Å². The van der Waals surface area contributed by atoms with Crippen molar-refractivity contribution in [2.45, 2.75) is 66.3 Å². The molecule has 1 nitrogen and oxygen atoms in total. The molecule has 0 amide bonds. The molecule has 0 unspecified atom stereocenters. The second kappa shape index (κ2) is 4.45. The molecular formula is C12H27N. The minimum Gasteiger partial charge on any atom is -0.326 e. The molecule has 0 fully saturated rings. The fourth-order valence-corrected chi connectivity index (χ4v) is 1.87. The van der Waals surface area contributed by atoms with Gasteiger partial charge in [0.05, 0.1) is 0 Å². The minimum absolute atomic E-state index is 0.00570. The van der Waals surface area contributed by atoms with Crippen molar-refractivity contribution in [2.24, 2.45) is 17.1 Å². The standard InChI is InChI=1S/C12H27N/c1-10(2)9-11(3,4)7-8-12(5,6)13/h10H,7-9,13H2,1-6H3. The van der Waals surface area contributed by atoms with Gasteiger partial charge in [-0.3, -0.25) is 0 Å². The topological polar surface area (TPSA) is 26.0 Å². The van der Waals surface area contributed by atoms with E-state index in [0.717, 1.165) is 12.3 Å². The quantitative estimate of drug-likeness (QED) is 0.696. The van der Waals surface area contributed by atoms with Crippen molar-refractivity contribution in [3.8, 4) is 0 Å². The average molecular weight is 185 g/mol. The molecule has 13 heavy (non-hydrogen) atoms. The summed E-state index contributed by atoms with van der Waals surface area (Å²) in [5.41, 5.74) is 6.42. The maximum absolute atomic E-state index is 5.97. The third-order valence-corrected chi connectivity index (χ3v) is 2.41. The Morgan fingerprint density at radius 3 is 1.77 bits per heavy atom. The van der Waals surface area contributed by atoms with Crippen LogP contribution in [0.3, 0.4) is 0 Å². The first-order chi connectivity index (χ1) is 5.62. The fourth-order valence-electron chi connectivity index (χ4n) is 1.87. The molecule has 0 aromatic carbocycles. The van der Waals surface area contributed by atoms with Crippen LogP contribution in [0.15, 0.2) is 0 Å². The summed E-state index contributed by atoms with van der Waals surface area (Å²) in [5, 5.41) is 0. The smallest absolute Gasteiger partial charge is 0.00972 e. The molecule has 80 valence electrons. The van der Waals surface area contributed by atoms with Gasteiger partial charge in [0.25, 0.3) is 0 Å². The fraction of sp³-hybridized carbons (Fsp3) is 1.00. The van der Waals surface area contributed by atoms with Gasteiger partial charge in [-0.25, -0.2) is 0 Å². The summed E-state index contributed by atoms with van der Waals surface area (Å²) < 4.78 is 0. The van der Waals surface area contributed by atoms with Crippen LogP contribution in [-0.2, 0) is 0 Å². The van der Waals surface area contributed by atoms with Gasteiger partial charge in [-0.2, -0.15) is 0 Å². The summed E-state index contributed by atoms with van der Waals surface area (Å²) in [7, 11) is 0. The van der Waals surface area contributed by atoms with Crippen LogP contribution in [0.4, 0.5) is 0 Å². The number of hydrogen-bond acceptors (Lipinski definition) is 1. The van der Waals surface area contributed by atoms with Gasteiger partial charge in [0, 0.05) is 5.54 Å². The highest BCUT2D eigenvalue weighted by Gasteiger charge is 2.22. The molecule has 0 aliphatic heterocycles. The molecule has 0 saturated carbocycles. The van der Waals surface area contributed by atoms with Crippen LogP contribution in [0, 0.1) is 11.3 Å². The molecule has 0 rings (SSSR count). The lowest BCUT2D eigenvalue weighted by molar-refractivity contribution is 0.238. The Morgan fingerprint density at radius 1 is 1.00 bits per heavy atom. The maximum Gasteiger partial charge on any atom is 0.00972 e. The number of nitrogens with two attached hydrogens (primary N) is 1. The molecule has 0 saturated heterocycles. The Kier molecular flexibility index (Phi) is 4.44. The predicted octanol–water partition coefficient (Wildman–Crippen LogP) is 3.58. The first-order valence-electron chi connectivity index (χ1n) is 5.41. The molecule has 0 bridgehead atoms. The third kappa shape index (κ3) is 8.29. The number of hydrogen-bond donors (Lipinski definition) is 1. The van der Waals surface area contributed by atoms with Crippen molar-refractivity contribution in [2.75, 3.05) is 0 Å². The zero-order chi connectivity index (χ0) is 10.7. The van der Waals surface area contributed by atoms with Crippen molar-refractivity contribution >= 4 is 0 Å². The van der Waals surface area contributed by atoms with Crippen molar-refractivity contribution in [1.82, 2.24) is 0 Å². The van der Waals surface area contributed by atoms with E-state index in [1.165, 1.54) is 12.8 Å². The average Bonchev–Trinajstić information content (AvgIpc) is 1.79. The molecule has 0 aliphatic carbocycles. The predicted molar refractivity (Wildman–Crippen MR) is 60.7 cm³/mol. The van der Waals surface area contributed by atoms with Gasteiger partial charge >= 0.3 is 0 Å². The van der Waals surface area contributed by atoms with Gasteiger partial charge < -0.3 is 5.73 Å². The van der Waals surface area contributed by atoms with E-state index >= 15 is 0 Å². The monoisotopic (exact) mass is 185 g/mol. The molecule has 2 N–H and O–H groups in total. The Balaban J connectivity index is 3.89. The van der Waals surface area contributed by atoms with Crippen LogP contribution in [0.1, 0.15) is 60.8 Å². The molecule has 0 heterocycles. The molecular weight excluding hydrogens is 158 g/mol. The van der Waals surface area contributed by atoms with E-state index in [1.807, 2.05) is 0 Å². The Morgan fingerprint density at radius 2 is 1.46 bits per heavy atom. The molecule has 0 spiro atoms. The van der Waals surface area contributed by atoms with Gasteiger partial charge in [0.2, 0.25) is 0 Å².